The van der Waals surface area contributed by atoms with Gasteiger partial charge in [0.2, 0.25) is 0 Å². The molecule has 0 atom stereocenters. The van der Waals surface area contributed by atoms with Gasteiger partial charge >= 0.3 is 0 Å². The second-order valence-electron chi connectivity index (χ2n) is 5.17. The Morgan fingerprint density at radius 3 is 0.750 bits per heavy atom. The van der Waals surface area contributed by atoms with Gasteiger partial charge in [0.05, 0.1) is 54.4 Å². The highest BCUT2D eigenvalue weighted by Gasteiger charge is 2.10. The van der Waals surface area contributed by atoms with E-state index in [1.807, 2.05) is 0 Å². The molecule has 0 saturated heterocycles. The predicted molar refractivity (Wildman–Crippen MR) is 70.3 cm³/mol. The summed E-state index contributed by atoms with van der Waals surface area (Å²) in [4.78, 5) is 0. The fraction of sp³-hybridized carbons (Fsp3) is 1.00. The second-order valence-corrected chi connectivity index (χ2v) is 5.17. The van der Waals surface area contributed by atoms with E-state index in [-0.39, 0.29) is 11.0 Å². The van der Waals surface area contributed by atoms with E-state index in [0.717, 1.165) is 4.48 Å². The zero-order chi connectivity index (χ0) is 11.8. The molecule has 0 fully saturated rings. The largest absolute Gasteiger partial charge is 0.870 e. The first-order valence-corrected chi connectivity index (χ1v) is 5.88. The molecule has 4 heteroatoms. The Morgan fingerprint density at radius 2 is 0.750 bits per heavy atom. The van der Waals surface area contributed by atoms with Crippen molar-refractivity contribution in [3.63, 3.8) is 0 Å². The summed E-state index contributed by atoms with van der Waals surface area (Å²) in [5.41, 5.74) is 0. The van der Waals surface area contributed by atoms with Crippen molar-refractivity contribution in [2.24, 2.45) is 0 Å². The van der Waals surface area contributed by atoms with E-state index in [1.165, 1.54) is 30.7 Å². The first-order chi connectivity index (χ1) is 6.24. The highest BCUT2D eigenvalue weighted by Crippen LogP contribution is 1.97. The topological polar surface area (TPSA) is 60.0 Å². The molecule has 0 radical (unpaired) electrons. The molecule has 0 saturated carbocycles. The van der Waals surface area contributed by atoms with Crippen LogP contribution in [0.1, 0.15) is 27.7 Å². The third-order valence-corrected chi connectivity index (χ3v) is 3.24. The van der Waals surface area contributed by atoms with Crippen LogP contribution in [-0.4, -0.2) is 74.3 Å². The van der Waals surface area contributed by atoms with Gasteiger partial charge in [0.1, 0.15) is 0 Å². The quantitative estimate of drug-likeness (QED) is 0.702. The molecule has 0 aliphatic carbocycles. The molecule has 16 heavy (non-hydrogen) atoms. The third kappa shape index (κ3) is 16.3. The van der Waals surface area contributed by atoms with Gasteiger partial charge in [-0.05, 0) is 27.7 Å². The SMILES string of the molecule is CC[N+](C)(C)C.CC[N+](C)(CC)CC.[OH-].[OH-]. The molecule has 0 aromatic rings. The van der Waals surface area contributed by atoms with Gasteiger partial charge in [-0.2, -0.15) is 0 Å². The second kappa shape index (κ2) is 11.3. The van der Waals surface area contributed by atoms with E-state index in [2.05, 4.69) is 55.9 Å². The van der Waals surface area contributed by atoms with Gasteiger partial charge in [-0.1, -0.05) is 0 Å². The molecule has 0 rings (SSSR count). The van der Waals surface area contributed by atoms with Crippen LogP contribution in [0.15, 0.2) is 0 Å². The Labute approximate surface area is 103 Å². The lowest BCUT2D eigenvalue weighted by Crippen LogP contribution is -2.42. The van der Waals surface area contributed by atoms with E-state index >= 15 is 0 Å². The summed E-state index contributed by atoms with van der Waals surface area (Å²) < 4.78 is 2.28. The Balaban J connectivity index is -0.0000000825. The van der Waals surface area contributed by atoms with Gasteiger partial charge in [-0.3, -0.25) is 0 Å². The van der Waals surface area contributed by atoms with Crippen LogP contribution in [0, 0.1) is 0 Å². The monoisotopic (exact) mass is 238 g/mol. The maximum Gasteiger partial charge on any atom is 0.0755 e. The standard InChI is InChI=1S/C7H18N.C5H14N.2H2O/c1-5-8(4,6-2)7-3;1-5-6(2,3)4;;/h5-7H2,1-4H3;5H2,1-4H3;2*1H2/q2*+1;;/p-2. The molecule has 104 valence electrons. The number of nitrogens with zero attached hydrogens (tertiary/aromatic N) is 2. The highest BCUT2D eigenvalue weighted by molar-refractivity contribution is 4.24. The van der Waals surface area contributed by atoms with Gasteiger partial charge in [0.25, 0.3) is 0 Å². The molecule has 2 N–H and O–H groups in total. The average Bonchev–Trinajstić information content (AvgIpc) is 2.16. The van der Waals surface area contributed by atoms with Crippen molar-refractivity contribution in [1.82, 2.24) is 0 Å². The summed E-state index contributed by atoms with van der Waals surface area (Å²) in [6, 6.07) is 0. The van der Waals surface area contributed by atoms with Crippen molar-refractivity contribution < 1.29 is 19.9 Å². The van der Waals surface area contributed by atoms with Crippen LogP contribution in [-0.2, 0) is 0 Å². The molecule has 0 bridgehead atoms. The Bertz CT molecular complexity index is 121. The zero-order valence-corrected chi connectivity index (χ0v) is 12.6. The van der Waals surface area contributed by atoms with Gasteiger partial charge < -0.3 is 19.9 Å². The van der Waals surface area contributed by atoms with E-state index in [4.69, 9.17) is 0 Å². The highest BCUT2D eigenvalue weighted by atomic mass is 16.0. The van der Waals surface area contributed by atoms with Gasteiger partial charge in [0, 0.05) is 0 Å². The van der Waals surface area contributed by atoms with Crippen molar-refractivity contribution in [3.8, 4) is 0 Å². The molecule has 0 heterocycles. The first-order valence-electron chi connectivity index (χ1n) is 5.88. The molecule has 0 aliphatic rings. The predicted octanol–water partition coefficient (Wildman–Crippen LogP) is 1.85. The summed E-state index contributed by atoms with van der Waals surface area (Å²) in [7, 11) is 8.83. The average molecular weight is 238 g/mol. The summed E-state index contributed by atoms with van der Waals surface area (Å²) in [5, 5.41) is 0. The maximum atomic E-state index is 2.29. The van der Waals surface area contributed by atoms with Crippen molar-refractivity contribution in [1.29, 1.82) is 0 Å². The van der Waals surface area contributed by atoms with Crippen LogP contribution in [0.2, 0.25) is 0 Å². The number of hydrogen-bond acceptors (Lipinski definition) is 2. The number of quaternary nitrogens is 2. The van der Waals surface area contributed by atoms with Crippen molar-refractivity contribution in [2.45, 2.75) is 27.7 Å². The minimum Gasteiger partial charge on any atom is -0.870 e. The lowest BCUT2D eigenvalue weighted by atomic mass is 10.4. The molecular weight excluding hydrogens is 204 g/mol. The summed E-state index contributed by atoms with van der Waals surface area (Å²) in [5.74, 6) is 0. The van der Waals surface area contributed by atoms with E-state index in [9.17, 15) is 0 Å². The van der Waals surface area contributed by atoms with Crippen LogP contribution in [0.4, 0.5) is 0 Å². The number of hydrogen-bond donors (Lipinski definition) is 0. The van der Waals surface area contributed by atoms with Crippen LogP contribution in [0.5, 0.6) is 0 Å². The lowest BCUT2D eigenvalue weighted by Gasteiger charge is -2.30. The fourth-order valence-corrected chi connectivity index (χ4v) is 0.671. The van der Waals surface area contributed by atoms with E-state index in [0.29, 0.717) is 0 Å². The van der Waals surface area contributed by atoms with Crippen molar-refractivity contribution >= 4 is 0 Å². The van der Waals surface area contributed by atoms with Crippen LogP contribution in [0.25, 0.3) is 0 Å². The van der Waals surface area contributed by atoms with Gasteiger partial charge in [-0.15, -0.1) is 0 Å². The molecule has 0 spiro atoms. The van der Waals surface area contributed by atoms with Crippen LogP contribution >= 0.6 is 0 Å². The molecular formula is C12H34N2O2. The molecule has 4 nitrogen and oxygen atoms in total. The zero-order valence-electron chi connectivity index (χ0n) is 12.6. The molecule has 0 unspecified atom stereocenters. The molecule has 0 amide bonds. The van der Waals surface area contributed by atoms with Crippen LogP contribution in [0.3, 0.4) is 0 Å². The normalized spacial score (nSPS) is 10.5. The maximum absolute atomic E-state index is 2.29. The lowest BCUT2D eigenvalue weighted by molar-refractivity contribution is -0.904. The Morgan fingerprint density at radius 1 is 0.562 bits per heavy atom. The molecule has 0 aliphatic heterocycles. The minimum absolute atomic E-state index is 0. The summed E-state index contributed by atoms with van der Waals surface area (Å²) in [6.07, 6.45) is 0. The van der Waals surface area contributed by atoms with Crippen molar-refractivity contribution in [3.05, 3.63) is 0 Å². The molecule has 0 aromatic carbocycles. The molecule has 0 aromatic heterocycles. The van der Waals surface area contributed by atoms with Gasteiger partial charge in [-0.25, -0.2) is 0 Å². The Kier molecular flexibility index (Phi) is 17.6. The summed E-state index contributed by atoms with van der Waals surface area (Å²) in [6.45, 7) is 13.9. The van der Waals surface area contributed by atoms with Crippen LogP contribution < -0.4 is 0 Å². The third-order valence-electron chi connectivity index (χ3n) is 3.24. The fourth-order valence-electron chi connectivity index (χ4n) is 0.671. The van der Waals surface area contributed by atoms with Crippen molar-refractivity contribution in [2.75, 3.05) is 54.4 Å². The summed E-state index contributed by atoms with van der Waals surface area (Å²) >= 11 is 0. The van der Waals surface area contributed by atoms with E-state index < -0.39 is 0 Å². The van der Waals surface area contributed by atoms with Gasteiger partial charge in [0.15, 0.2) is 0 Å². The first kappa shape index (κ1) is 24.9. The Hall–Kier alpha value is -0.160. The van der Waals surface area contributed by atoms with E-state index in [1.54, 1.807) is 0 Å². The number of rotatable bonds is 4. The minimum atomic E-state index is 0. The smallest absolute Gasteiger partial charge is 0.0755 e.